The molecule has 1 saturated heterocycles. The van der Waals surface area contributed by atoms with Gasteiger partial charge in [0.25, 0.3) is 0 Å². The molecule has 1 aromatic heterocycles. The molecular formula is C21H32N4OS. The minimum absolute atomic E-state index is 0.292. The number of aromatic nitrogens is 2. The Bertz CT molecular complexity index is 620. The van der Waals surface area contributed by atoms with Crippen LogP contribution >= 0.6 is 11.8 Å². The number of hydrogen-bond acceptors (Lipinski definition) is 5. The van der Waals surface area contributed by atoms with E-state index in [1.165, 1.54) is 44.9 Å². The van der Waals surface area contributed by atoms with Gasteiger partial charge in [0.2, 0.25) is 5.91 Å². The van der Waals surface area contributed by atoms with Crippen LogP contribution in [0.15, 0.2) is 17.4 Å². The van der Waals surface area contributed by atoms with E-state index >= 15 is 0 Å². The third kappa shape index (κ3) is 5.15. The molecule has 0 spiro atoms. The van der Waals surface area contributed by atoms with E-state index in [9.17, 15) is 4.79 Å². The van der Waals surface area contributed by atoms with Gasteiger partial charge in [-0.25, -0.2) is 9.97 Å². The Morgan fingerprint density at radius 3 is 2.44 bits per heavy atom. The molecule has 1 amide bonds. The van der Waals surface area contributed by atoms with Crippen LogP contribution in [0.5, 0.6) is 0 Å². The summed E-state index contributed by atoms with van der Waals surface area (Å²) in [6.07, 6.45) is 15.1. The first-order chi connectivity index (χ1) is 13.3. The molecule has 148 valence electrons. The Balaban J connectivity index is 1.25. The van der Waals surface area contributed by atoms with Gasteiger partial charge in [-0.15, -0.1) is 0 Å². The topological polar surface area (TPSA) is 58.1 Å². The van der Waals surface area contributed by atoms with Crippen LogP contribution in [-0.2, 0) is 4.79 Å². The zero-order valence-corrected chi connectivity index (χ0v) is 17.1. The van der Waals surface area contributed by atoms with Crippen molar-refractivity contribution in [2.45, 2.75) is 87.1 Å². The van der Waals surface area contributed by atoms with Crippen LogP contribution in [-0.4, -0.2) is 45.2 Å². The van der Waals surface area contributed by atoms with Gasteiger partial charge in [0, 0.05) is 36.5 Å². The average molecular weight is 389 g/mol. The molecule has 2 aliphatic carbocycles. The van der Waals surface area contributed by atoms with Crippen LogP contribution in [0.1, 0.15) is 70.6 Å². The zero-order chi connectivity index (χ0) is 18.5. The largest absolute Gasteiger partial charge is 0.367 e. The first kappa shape index (κ1) is 19.0. The molecule has 4 rings (SSSR count). The molecule has 0 aromatic carbocycles. The van der Waals surface area contributed by atoms with E-state index in [0.717, 1.165) is 49.7 Å². The fraction of sp³-hybridized carbons (Fsp3) is 0.762. The summed E-state index contributed by atoms with van der Waals surface area (Å²) < 4.78 is 0. The summed E-state index contributed by atoms with van der Waals surface area (Å²) in [5.74, 6) is 1.63. The molecule has 1 aromatic rings. The minimum atomic E-state index is 0.292. The van der Waals surface area contributed by atoms with Crippen molar-refractivity contribution >= 4 is 23.5 Å². The van der Waals surface area contributed by atoms with E-state index in [4.69, 9.17) is 4.98 Å². The first-order valence-electron chi connectivity index (χ1n) is 10.8. The monoisotopic (exact) mass is 388 g/mol. The number of anilines is 1. The summed E-state index contributed by atoms with van der Waals surface area (Å²) in [5.41, 5.74) is 0. The van der Waals surface area contributed by atoms with Crippen LogP contribution in [0.3, 0.4) is 0 Å². The number of carbonyl (C=O) groups is 1. The number of likely N-dealkylation sites (tertiary alicyclic amines) is 1. The molecule has 0 unspecified atom stereocenters. The second-order valence-electron chi connectivity index (χ2n) is 8.33. The molecule has 6 heteroatoms. The fourth-order valence-corrected chi connectivity index (χ4v) is 5.83. The Hall–Kier alpha value is -1.30. The van der Waals surface area contributed by atoms with Crippen molar-refractivity contribution in [3.63, 3.8) is 0 Å². The summed E-state index contributed by atoms with van der Waals surface area (Å²) in [6.45, 7) is 1.75. The molecule has 3 aliphatic rings. The van der Waals surface area contributed by atoms with E-state index in [1.54, 1.807) is 0 Å². The van der Waals surface area contributed by atoms with E-state index in [0.29, 0.717) is 23.1 Å². The summed E-state index contributed by atoms with van der Waals surface area (Å²) in [7, 11) is 0. The molecule has 3 fully saturated rings. The molecule has 0 atom stereocenters. The number of thioether (sulfide) groups is 1. The number of piperidine rings is 1. The van der Waals surface area contributed by atoms with Crippen molar-refractivity contribution < 1.29 is 4.79 Å². The van der Waals surface area contributed by atoms with Crippen molar-refractivity contribution in [1.82, 2.24) is 14.9 Å². The lowest BCUT2D eigenvalue weighted by Gasteiger charge is -2.35. The van der Waals surface area contributed by atoms with E-state index in [-0.39, 0.29) is 0 Å². The molecule has 5 nitrogen and oxygen atoms in total. The van der Waals surface area contributed by atoms with Gasteiger partial charge in [0.1, 0.15) is 5.82 Å². The van der Waals surface area contributed by atoms with Crippen molar-refractivity contribution in [1.29, 1.82) is 0 Å². The number of nitrogens with one attached hydrogen (secondary N) is 1. The average Bonchev–Trinajstić information content (AvgIpc) is 3.22. The Kier molecular flexibility index (Phi) is 6.53. The predicted molar refractivity (Wildman–Crippen MR) is 110 cm³/mol. The van der Waals surface area contributed by atoms with Crippen molar-refractivity contribution in [2.24, 2.45) is 5.92 Å². The minimum Gasteiger partial charge on any atom is -0.367 e. The zero-order valence-electron chi connectivity index (χ0n) is 16.2. The maximum Gasteiger partial charge on any atom is 0.225 e. The van der Waals surface area contributed by atoms with Crippen LogP contribution in [0, 0.1) is 5.92 Å². The highest BCUT2D eigenvalue weighted by Crippen LogP contribution is 2.33. The second-order valence-corrected chi connectivity index (χ2v) is 9.60. The van der Waals surface area contributed by atoms with Crippen molar-refractivity contribution in [2.75, 3.05) is 18.4 Å². The van der Waals surface area contributed by atoms with Gasteiger partial charge in [-0.1, -0.05) is 43.9 Å². The number of carbonyl (C=O) groups excluding carboxylic acids is 1. The number of amides is 1. The third-order valence-electron chi connectivity index (χ3n) is 6.32. The van der Waals surface area contributed by atoms with Crippen LogP contribution in [0.25, 0.3) is 0 Å². The quantitative estimate of drug-likeness (QED) is 0.753. The van der Waals surface area contributed by atoms with Gasteiger partial charge in [-0.2, -0.15) is 0 Å². The highest BCUT2D eigenvalue weighted by atomic mass is 32.2. The van der Waals surface area contributed by atoms with E-state index in [2.05, 4.69) is 15.2 Å². The highest BCUT2D eigenvalue weighted by molar-refractivity contribution is 7.99. The van der Waals surface area contributed by atoms with E-state index < -0.39 is 0 Å². The maximum atomic E-state index is 12.7. The number of nitrogens with zero attached hydrogens (tertiary/aromatic N) is 3. The van der Waals surface area contributed by atoms with E-state index in [1.807, 2.05) is 24.0 Å². The lowest BCUT2D eigenvalue weighted by atomic mass is 9.87. The van der Waals surface area contributed by atoms with Crippen molar-refractivity contribution in [3.8, 4) is 0 Å². The van der Waals surface area contributed by atoms with Crippen LogP contribution in [0.4, 0.5) is 5.82 Å². The Morgan fingerprint density at radius 1 is 1.00 bits per heavy atom. The van der Waals surface area contributed by atoms with Gasteiger partial charge in [-0.05, 0) is 44.6 Å². The fourth-order valence-electron chi connectivity index (χ4n) is 4.69. The maximum absolute atomic E-state index is 12.7. The molecular weight excluding hydrogens is 356 g/mol. The highest BCUT2D eigenvalue weighted by Gasteiger charge is 2.29. The summed E-state index contributed by atoms with van der Waals surface area (Å²) >= 11 is 1.83. The Morgan fingerprint density at radius 2 is 1.70 bits per heavy atom. The SMILES string of the molecule is O=C(C1CCCCC1)N1CCC(Nc2ccnc(SC3CCCC3)n2)CC1. The first-order valence-corrected chi connectivity index (χ1v) is 11.7. The molecule has 1 aliphatic heterocycles. The molecule has 2 heterocycles. The van der Waals surface area contributed by atoms with Gasteiger partial charge in [0.15, 0.2) is 5.16 Å². The van der Waals surface area contributed by atoms with Gasteiger partial charge >= 0.3 is 0 Å². The van der Waals surface area contributed by atoms with Gasteiger partial charge in [-0.3, -0.25) is 4.79 Å². The smallest absolute Gasteiger partial charge is 0.225 e. The van der Waals surface area contributed by atoms with Crippen molar-refractivity contribution in [3.05, 3.63) is 12.3 Å². The summed E-state index contributed by atoms with van der Waals surface area (Å²) in [4.78, 5) is 24.0. The summed E-state index contributed by atoms with van der Waals surface area (Å²) in [6, 6.07) is 2.37. The van der Waals surface area contributed by atoms with Crippen LogP contribution < -0.4 is 5.32 Å². The molecule has 0 bridgehead atoms. The van der Waals surface area contributed by atoms with Gasteiger partial charge in [0.05, 0.1) is 0 Å². The predicted octanol–water partition coefficient (Wildman–Crippen LogP) is 4.49. The Labute approximate surface area is 167 Å². The molecule has 2 saturated carbocycles. The number of hydrogen-bond donors (Lipinski definition) is 1. The molecule has 0 radical (unpaired) electrons. The lowest BCUT2D eigenvalue weighted by molar-refractivity contribution is -0.137. The van der Waals surface area contributed by atoms with Gasteiger partial charge < -0.3 is 10.2 Å². The summed E-state index contributed by atoms with van der Waals surface area (Å²) in [5, 5.41) is 5.17. The standard InChI is InChI=1S/C21H32N4OS/c26-20(16-6-2-1-3-7-16)25-14-11-17(12-15-25)23-19-10-13-22-21(24-19)27-18-8-4-5-9-18/h10,13,16-18H,1-9,11-12,14-15H2,(H,22,23,24). The normalized spacial score (nSPS) is 22.9. The lowest BCUT2D eigenvalue weighted by Crippen LogP contribution is -2.45. The molecule has 1 N–H and O–H groups in total. The third-order valence-corrected chi connectivity index (χ3v) is 7.53. The van der Waals surface area contributed by atoms with Crippen LogP contribution in [0.2, 0.25) is 0 Å². The number of rotatable bonds is 5. The second kappa shape index (κ2) is 9.26. The molecule has 27 heavy (non-hydrogen) atoms.